The topological polar surface area (TPSA) is 89.9 Å². The molecular weight excluding hydrogens is 468 g/mol. The van der Waals surface area contributed by atoms with Gasteiger partial charge >= 0.3 is 0 Å². The lowest BCUT2D eigenvalue weighted by molar-refractivity contribution is 0.0559. The van der Waals surface area contributed by atoms with Crippen LogP contribution >= 0.6 is 0 Å². The molecule has 0 saturated carbocycles. The average Bonchev–Trinajstić information content (AvgIpc) is 3.47. The summed E-state index contributed by atoms with van der Waals surface area (Å²) in [5.74, 6) is 2.79. The lowest BCUT2D eigenvalue weighted by Gasteiger charge is -2.12. The number of ether oxygens (including phenoxy) is 2. The third-order valence-corrected chi connectivity index (χ3v) is 6.28. The minimum atomic E-state index is -1.04. The Labute approximate surface area is 216 Å². The summed E-state index contributed by atoms with van der Waals surface area (Å²) in [5, 5.41) is 15.5. The molecule has 0 fully saturated rings. The molecule has 192 valence electrons. The first kappa shape index (κ1) is 24.9. The highest BCUT2D eigenvalue weighted by molar-refractivity contribution is 5.88. The van der Waals surface area contributed by atoms with Crippen LogP contribution in [0.4, 0.5) is 0 Å². The van der Waals surface area contributed by atoms with Crippen molar-refractivity contribution in [3.63, 3.8) is 0 Å². The number of benzene rings is 2. The van der Waals surface area contributed by atoms with E-state index < -0.39 is 5.60 Å². The fourth-order valence-corrected chi connectivity index (χ4v) is 4.25. The fraction of sp³-hybridized carbons (Fsp3) is 0.300. The Kier molecular flexibility index (Phi) is 7.17. The molecule has 7 nitrogen and oxygen atoms in total. The van der Waals surface area contributed by atoms with Gasteiger partial charge in [-0.3, -0.25) is 4.98 Å². The fourth-order valence-electron chi connectivity index (χ4n) is 4.25. The van der Waals surface area contributed by atoms with Crippen molar-refractivity contribution in [3.05, 3.63) is 89.6 Å². The van der Waals surface area contributed by atoms with Gasteiger partial charge in [0.25, 0.3) is 0 Å². The first-order valence-electron chi connectivity index (χ1n) is 12.5. The van der Waals surface area contributed by atoms with Crippen molar-refractivity contribution < 1.29 is 23.4 Å². The minimum absolute atomic E-state index is 0.292. The van der Waals surface area contributed by atoms with Gasteiger partial charge in [-0.25, -0.2) is 0 Å². The van der Waals surface area contributed by atoms with E-state index in [1.807, 2.05) is 61.7 Å². The van der Waals surface area contributed by atoms with Crippen molar-refractivity contribution >= 4 is 21.9 Å². The van der Waals surface area contributed by atoms with Crippen LogP contribution in [0.5, 0.6) is 11.5 Å². The Balaban J connectivity index is 1.20. The van der Waals surface area contributed by atoms with E-state index in [0.717, 1.165) is 52.9 Å². The predicted molar refractivity (Wildman–Crippen MR) is 143 cm³/mol. The molecule has 3 aromatic heterocycles. The first-order valence-corrected chi connectivity index (χ1v) is 12.5. The zero-order chi connectivity index (χ0) is 25.8. The van der Waals surface area contributed by atoms with E-state index in [2.05, 4.69) is 16.4 Å². The molecule has 37 heavy (non-hydrogen) atoms. The maximum absolute atomic E-state index is 10.2. The molecular formula is C30H32N2O5. The summed E-state index contributed by atoms with van der Waals surface area (Å²) < 4.78 is 24.0. The Bertz CT molecular complexity index is 1480. The van der Waals surface area contributed by atoms with Crippen molar-refractivity contribution in [2.24, 2.45) is 0 Å². The molecule has 0 saturated heterocycles. The highest BCUT2D eigenvalue weighted by Gasteiger charge is 2.21. The van der Waals surface area contributed by atoms with Crippen molar-refractivity contribution in [1.29, 1.82) is 0 Å². The second-order valence-electron chi connectivity index (χ2n) is 9.68. The highest BCUT2D eigenvalue weighted by atomic mass is 16.5. The van der Waals surface area contributed by atoms with Gasteiger partial charge in [0.1, 0.15) is 46.4 Å². The Morgan fingerprint density at radius 3 is 2.70 bits per heavy atom. The maximum Gasteiger partial charge on any atom is 0.146 e. The Morgan fingerprint density at radius 1 is 1.00 bits per heavy atom. The van der Waals surface area contributed by atoms with Gasteiger partial charge in [-0.2, -0.15) is 0 Å². The van der Waals surface area contributed by atoms with Crippen LogP contribution in [0.2, 0.25) is 0 Å². The van der Waals surface area contributed by atoms with Crippen molar-refractivity contribution in [2.75, 3.05) is 13.2 Å². The number of nitrogens with one attached hydrogen (secondary N) is 1. The highest BCUT2D eigenvalue weighted by Crippen LogP contribution is 2.34. The Hall–Kier alpha value is -3.81. The third-order valence-electron chi connectivity index (χ3n) is 6.28. The summed E-state index contributed by atoms with van der Waals surface area (Å²) in [6.07, 6.45) is 4.54. The summed E-state index contributed by atoms with van der Waals surface area (Å²) in [4.78, 5) is 4.14. The normalized spacial score (nSPS) is 11.9. The van der Waals surface area contributed by atoms with E-state index in [9.17, 15) is 5.11 Å². The van der Waals surface area contributed by atoms with E-state index in [1.54, 1.807) is 20.0 Å². The zero-order valence-corrected chi connectivity index (χ0v) is 21.4. The summed E-state index contributed by atoms with van der Waals surface area (Å²) in [7, 11) is 0. The van der Waals surface area contributed by atoms with Gasteiger partial charge in [-0.05, 0) is 81.8 Å². The van der Waals surface area contributed by atoms with Crippen LogP contribution in [0.25, 0.3) is 21.9 Å². The molecule has 5 rings (SSSR count). The van der Waals surface area contributed by atoms with Crippen molar-refractivity contribution in [2.45, 2.75) is 45.9 Å². The van der Waals surface area contributed by atoms with Crippen LogP contribution in [0.1, 0.15) is 42.9 Å². The molecule has 0 radical (unpaired) electrons. The quantitative estimate of drug-likeness (QED) is 0.207. The molecule has 0 atom stereocenters. The van der Waals surface area contributed by atoms with Gasteiger partial charge in [0.2, 0.25) is 0 Å². The van der Waals surface area contributed by atoms with Crippen LogP contribution in [-0.2, 0) is 18.8 Å². The average molecular weight is 501 g/mol. The molecule has 2 aromatic carbocycles. The number of hydrogen-bond donors (Lipinski definition) is 2. The Morgan fingerprint density at radius 2 is 1.89 bits per heavy atom. The molecule has 5 aromatic rings. The molecule has 0 bridgehead atoms. The number of aromatic nitrogens is 1. The van der Waals surface area contributed by atoms with E-state index in [-0.39, 0.29) is 0 Å². The predicted octanol–water partition coefficient (Wildman–Crippen LogP) is 6.25. The first-order chi connectivity index (χ1) is 17.9. The van der Waals surface area contributed by atoms with E-state index in [1.165, 1.54) is 5.56 Å². The molecule has 7 heteroatoms. The van der Waals surface area contributed by atoms with Crippen LogP contribution < -0.4 is 14.8 Å². The zero-order valence-electron chi connectivity index (χ0n) is 21.4. The number of aryl methyl sites for hydroxylation is 1. The van der Waals surface area contributed by atoms with Crippen LogP contribution in [0.15, 0.2) is 75.8 Å². The number of aliphatic hydroxyl groups is 1. The second-order valence-corrected chi connectivity index (χ2v) is 9.68. The van der Waals surface area contributed by atoms with Gasteiger partial charge in [-0.1, -0.05) is 12.1 Å². The molecule has 0 aliphatic rings. The van der Waals surface area contributed by atoms with Gasteiger partial charge in [0.05, 0.1) is 12.0 Å². The molecule has 0 unspecified atom stereocenters. The lowest BCUT2D eigenvalue weighted by atomic mass is 10.1. The van der Waals surface area contributed by atoms with Crippen molar-refractivity contribution in [3.8, 4) is 11.5 Å². The van der Waals surface area contributed by atoms with E-state index in [0.29, 0.717) is 30.3 Å². The second kappa shape index (κ2) is 10.7. The summed E-state index contributed by atoms with van der Waals surface area (Å²) in [5.41, 5.74) is 2.62. The largest absolute Gasteiger partial charge is 0.493 e. The number of pyridine rings is 1. The van der Waals surface area contributed by atoms with Crippen LogP contribution in [0.3, 0.4) is 0 Å². The van der Waals surface area contributed by atoms with Gasteiger partial charge in [-0.15, -0.1) is 0 Å². The monoisotopic (exact) mass is 500 g/mol. The summed E-state index contributed by atoms with van der Waals surface area (Å²) >= 11 is 0. The molecule has 0 aliphatic heterocycles. The lowest BCUT2D eigenvalue weighted by Crippen LogP contribution is -2.17. The van der Waals surface area contributed by atoms with E-state index in [4.69, 9.17) is 18.3 Å². The number of furan rings is 2. The van der Waals surface area contributed by atoms with E-state index >= 15 is 0 Å². The molecule has 0 spiro atoms. The van der Waals surface area contributed by atoms with Gasteiger partial charge < -0.3 is 28.7 Å². The molecule has 2 N–H and O–H groups in total. The summed E-state index contributed by atoms with van der Waals surface area (Å²) in [6.45, 7) is 7.97. The standard InChI is InChI=1S/C30H32N2O5/c1-20-27(19-35-23-10-11-24-22(15-23)16-28(37-24)30(2,3)33)36-26-9-4-8-25(29(20)26)34-14-6-13-32-18-21-7-5-12-31-17-21/h4-5,7-12,15-17,32-33H,6,13-14,18-19H2,1-3H3. The minimum Gasteiger partial charge on any atom is -0.493 e. The number of fused-ring (bicyclic) bond motifs is 2. The number of rotatable bonds is 11. The number of nitrogens with zero attached hydrogens (tertiary/aromatic N) is 1. The number of hydrogen-bond acceptors (Lipinski definition) is 7. The maximum atomic E-state index is 10.2. The van der Waals surface area contributed by atoms with Crippen LogP contribution in [0, 0.1) is 6.92 Å². The van der Waals surface area contributed by atoms with Gasteiger partial charge in [0, 0.05) is 29.9 Å². The summed E-state index contributed by atoms with van der Waals surface area (Å²) in [6, 6.07) is 17.3. The van der Waals surface area contributed by atoms with Crippen LogP contribution in [-0.4, -0.2) is 23.2 Å². The van der Waals surface area contributed by atoms with Gasteiger partial charge in [0.15, 0.2) is 0 Å². The third kappa shape index (κ3) is 5.79. The molecule has 0 aliphatic carbocycles. The molecule has 3 heterocycles. The molecule has 0 amide bonds. The SMILES string of the molecule is Cc1c(COc2ccc3oc(C(C)(C)O)cc3c2)oc2cccc(OCCCNCc3cccnc3)c12. The van der Waals surface area contributed by atoms with Crippen molar-refractivity contribution in [1.82, 2.24) is 10.3 Å². The smallest absolute Gasteiger partial charge is 0.146 e.